The van der Waals surface area contributed by atoms with Crippen molar-refractivity contribution in [2.75, 3.05) is 26.2 Å². The lowest BCUT2D eigenvalue weighted by Gasteiger charge is -2.11. The third kappa shape index (κ3) is 4.88. The summed E-state index contributed by atoms with van der Waals surface area (Å²) in [6.07, 6.45) is 2.01. The Hall–Kier alpha value is -1.50. The van der Waals surface area contributed by atoms with Crippen LogP contribution < -0.4 is 16.0 Å². The van der Waals surface area contributed by atoms with Crippen molar-refractivity contribution in [3.8, 4) is 0 Å². The zero-order valence-electron chi connectivity index (χ0n) is 12.6. The fourth-order valence-corrected chi connectivity index (χ4v) is 2.22. The van der Waals surface area contributed by atoms with Gasteiger partial charge in [0.05, 0.1) is 6.29 Å². The summed E-state index contributed by atoms with van der Waals surface area (Å²) in [6, 6.07) is 3.40. The van der Waals surface area contributed by atoms with Gasteiger partial charge in [-0.25, -0.2) is 0 Å². The van der Waals surface area contributed by atoms with Crippen molar-refractivity contribution in [3.05, 3.63) is 39.4 Å². The van der Waals surface area contributed by atoms with Gasteiger partial charge < -0.3 is 16.0 Å². The molecule has 1 heterocycles. The maximum absolute atomic E-state index is 11.0. The lowest BCUT2D eigenvalue weighted by molar-refractivity contribution is -0.385. The van der Waals surface area contributed by atoms with Crippen LogP contribution in [0.4, 0.5) is 5.69 Å². The topological polar surface area (TPSA) is 79.2 Å². The van der Waals surface area contributed by atoms with Crippen molar-refractivity contribution < 1.29 is 6.29 Å². The summed E-state index contributed by atoms with van der Waals surface area (Å²) in [6.45, 7) is 4.58. The van der Waals surface area contributed by atoms with Crippen molar-refractivity contribution in [1.82, 2.24) is 16.0 Å². The SMILES string of the molecule is [2H]c1c2cc([N+](=O)[O-])cc1CNCCCNCCCNC2. The number of rotatable bonds is 1. The van der Waals surface area contributed by atoms with Gasteiger partial charge in [0, 0.05) is 25.2 Å². The Bertz CT molecular complexity index is 463. The van der Waals surface area contributed by atoms with Gasteiger partial charge in [-0.2, -0.15) is 0 Å². The molecular weight excluding hydrogens is 256 g/mol. The number of hydrogen-bond donors (Lipinski definition) is 3. The zero-order chi connectivity index (χ0) is 15.1. The van der Waals surface area contributed by atoms with E-state index in [1.807, 2.05) is 0 Å². The number of nitro groups is 1. The molecule has 2 bridgehead atoms. The van der Waals surface area contributed by atoms with Gasteiger partial charge in [0.25, 0.3) is 5.69 Å². The van der Waals surface area contributed by atoms with Crippen LogP contribution in [0.2, 0.25) is 0 Å². The lowest BCUT2D eigenvalue weighted by atomic mass is 10.1. The molecule has 1 aromatic rings. The molecule has 3 N–H and O–H groups in total. The third-order valence-electron chi connectivity index (χ3n) is 3.22. The quantitative estimate of drug-likeness (QED) is 0.531. The third-order valence-corrected chi connectivity index (χ3v) is 3.22. The number of nitrogens with one attached hydrogen (secondary N) is 3. The van der Waals surface area contributed by atoms with Crippen molar-refractivity contribution in [3.63, 3.8) is 0 Å². The average molecular weight is 279 g/mol. The van der Waals surface area contributed by atoms with Crippen LogP contribution in [0.1, 0.15) is 25.3 Å². The van der Waals surface area contributed by atoms with Crippen molar-refractivity contribution in [1.29, 1.82) is 0 Å². The second-order valence-electron chi connectivity index (χ2n) is 4.96. The number of nitrogens with zero attached hydrogens (tertiary/aromatic N) is 1. The van der Waals surface area contributed by atoms with Crippen molar-refractivity contribution >= 4 is 5.69 Å². The molecule has 0 amide bonds. The predicted octanol–water partition coefficient (Wildman–Crippen LogP) is 1.16. The molecule has 20 heavy (non-hydrogen) atoms. The summed E-state index contributed by atoms with van der Waals surface area (Å²) in [5, 5.41) is 20.9. The van der Waals surface area contributed by atoms with Gasteiger partial charge in [0.15, 0.2) is 0 Å². The first kappa shape index (κ1) is 13.5. The van der Waals surface area contributed by atoms with Crippen LogP contribution in [0.3, 0.4) is 0 Å². The molecular formula is C14H22N4O2. The molecule has 1 aromatic carbocycles. The zero-order valence-corrected chi connectivity index (χ0v) is 11.6. The van der Waals surface area contributed by atoms with Gasteiger partial charge in [-0.3, -0.25) is 10.1 Å². The molecule has 0 saturated heterocycles. The van der Waals surface area contributed by atoms with Gasteiger partial charge in [0.1, 0.15) is 0 Å². The molecule has 6 nitrogen and oxygen atoms in total. The Kier molecular flexibility index (Phi) is 5.35. The van der Waals surface area contributed by atoms with E-state index in [0.29, 0.717) is 30.3 Å². The molecule has 6 heteroatoms. The lowest BCUT2D eigenvalue weighted by Crippen LogP contribution is -2.25. The summed E-state index contributed by atoms with van der Waals surface area (Å²) < 4.78 is 8.20. The molecule has 0 radical (unpaired) electrons. The number of nitro benzene ring substituents is 1. The molecule has 0 atom stereocenters. The van der Waals surface area contributed by atoms with E-state index in [1.54, 1.807) is 0 Å². The number of fused-ring (bicyclic) bond motifs is 2. The first-order chi connectivity index (χ1) is 10.2. The molecule has 2 rings (SSSR count). The summed E-state index contributed by atoms with van der Waals surface area (Å²) in [5.74, 6) is 0. The second kappa shape index (κ2) is 7.94. The van der Waals surface area contributed by atoms with E-state index in [1.165, 1.54) is 12.1 Å². The fourth-order valence-electron chi connectivity index (χ4n) is 2.22. The van der Waals surface area contributed by atoms with Crippen LogP contribution >= 0.6 is 0 Å². The fraction of sp³-hybridized carbons (Fsp3) is 0.571. The minimum absolute atomic E-state index is 0.0633. The Morgan fingerprint density at radius 1 is 1.00 bits per heavy atom. The first-order valence-electron chi connectivity index (χ1n) is 7.57. The number of benzene rings is 1. The largest absolute Gasteiger partial charge is 0.317 e. The Morgan fingerprint density at radius 3 is 2.00 bits per heavy atom. The normalized spacial score (nSPS) is 18.9. The van der Waals surface area contributed by atoms with E-state index >= 15 is 0 Å². The van der Waals surface area contributed by atoms with Crippen LogP contribution in [-0.2, 0) is 13.1 Å². The van der Waals surface area contributed by atoms with E-state index in [9.17, 15) is 10.1 Å². The summed E-state index contributed by atoms with van der Waals surface area (Å²) >= 11 is 0. The van der Waals surface area contributed by atoms with Crippen LogP contribution in [0, 0.1) is 10.1 Å². The number of non-ortho nitro benzene ring substituents is 1. The first-order valence-corrected chi connectivity index (χ1v) is 7.07. The van der Waals surface area contributed by atoms with E-state index < -0.39 is 0 Å². The van der Waals surface area contributed by atoms with Gasteiger partial charge >= 0.3 is 0 Å². The van der Waals surface area contributed by atoms with Crippen molar-refractivity contribution in [2.45, 2.75) is 25.9 Å². The maximum atomic E-state index is 11.0. The van der Waals surface area contributed by atoms with Gasteiger partial charge in [-0.1, -0.05) is 6.04 Å². The average Bonchev–Trinajstić information content (AvgIpc) is 2.46. The van der Waals surface area contributed by atoms with Gasteiger partial charge in [-0.05, 0) is 50.1 Å². The molecule has 0 saturated carbocycles. The smallest absolute Gasteiger partial charge is 0.270 e. The highest BCUT2D eigenvalue weighted by molar-refractivity contribution is 5.39. The summed E-state index contributed by atoms with van der Waals surface area (Å²) in [7, 11) is 0. The standard InChI is InChI=1S/C14H22N4O2/c19-18(20)14-8-12-7-13(9-14)11-17-6-2-4-15-3-1-5-16-10-12/h7-9,15-17H,1-6,10-11H2/i7D. The Balaban J connectivity index is 2.20. The second-order valence-corrected chi connectivity index (χ2v) is 4.96. The van der Waals surface area contributed by atoms with Crippen LogP contribution in [-0.4, -0.2) is 31.1 Å². The van der Waals surface area contributed by atoms with Crippen molar-refractivity contribution in [2.24, 2.45) is 0 Å². The predicted molar refractivity (Wildman–Crippen MR) is 78.6 cm³/mol. The van der Waals surface area contributed by atoms with Crippen LogP contribution in [0.5, 0.6) is 0 Å². The number of hydrogen-bond acceptors (Lipinski definition) is 5. The van der Waals surface area contributed by atoms with Crippen LogP contribution in [0.25, 0.3) is 0 Å². The minimum Gasteiger partial charge on any atom is -0.317 e. The summed E-state index contributed by atoms with van der Waals surface area (Å²) in [4.78, 5) is 10.6. The van der Waals surface area contributed by atoms with E-state index in [2.05, 4.69) is 16.0 Å². The molecule has 0 aliphatic carbocycles. The van der Waals surface area contributed by atoms with Gasteiger partial charge in [0.2, 0.25) is 0 Å². The Labute approximate surface area is 120 Å². The highest BCUT2D eigenvalue weighted by Crippen LogP contribution is 2.17. The van der Waals surface area contributed by atoms with E-state index in [4.69, 9.17) is 1.37 Å². The van der Waals surface area contributed by atoms with E-state index in [0.717, 1.165) is 39.0 Å². The minimum atomic E-state index is -0.389. The molecule has 1 aliphatic heterocycles. The van der Waals surface area contributed by atoms with E-state index in [-0.39, 0.29) is 10.6 Å². The van der Waals surface area contributed by atoms with Crippen LogP contribution in [0.15, 0.2) is 18.2 Å². The molecule has 110 valence electrons. The molecule has 0 aromatic heterocycles. The maximum Gasteiger partial charge on any atom is 0.270 e. The highest BCUT2D eigenvalue weighted by Gasteiger charge is 2.09. The highest BCUT2D eigenvalue weighted by atomic mass is 16.6. The molecule has 1 aliphatic rings. The Morgan fingerprint density at radius 2 is 1.50 bits per heavy atom. The molecule has 0 unspecified atom stereocenters. The molecule has 0 spiro atoms. The monoisotopic (exact) mass is 279 g/mol. The molecule has 0 fully saturated rings. The summed E-state index contributed by atoms with van der Waals surface area (Å²) in [5.41, 5.74) is 1.44. The van der Waals surface area contributed by atoms with Gasteiger partial charge in [-0.15, -0.1) is 0 Å².